The molecule has 0 aliphatic carbocycles. The minimum Gasteiger partial charge on any atom is -0.492 e. The van der Waals surface area contributed by atoms with Crippen LogP contribution in [-0.4, -0.2) is 19.2 Å². The molecule has 0 saturated heterocycles. The molecule has 5 heteroatoms. The van der Waals surface area contributed by atoms with Gasteiger partial charge in [0.15, 0.2) is 0 Å². The molecule has 0 fully saturated rings. The van der Waals surface area contributed by atoms with Crippen molar-refractivity contribution in [2.24, 2.45) is 0 Å². The van der Waals surface area contributed by atoms with E-state index in [1.807, 2.05) is 6.92 Å². The third-order valence-electron chi connectivity index (χ3n) is 2.04. The predicted molar refractivity (Wildman–Crippen MR) is 63.1 cm³/mol. The number of hydrogen-bond donors (Lipinski definition) is 0. The van der Waals surface area contributed by atoms with Gasteiger partial charge < -0.3 is 9.47 Å². The normalized spacial score (nSPS) is 12.0. The van der Waals surface area contributed by atoms with Crippen LogP contribution < -0.4 is 4.74 Å². The summed E-state index contributed by atoms with van der Waals surface area (Å²) < 4.78 is 23.4. The van der Waals surface area contributed by atoms with Crippen molar-refractivity contribution in [1.29, 1.82) is 0 Å². The molecule has 1 atom stereocenters. The fraction of sp³-hybridized carbons (Fsp3) is 0.417. The maximum Gasteiger partial charge on any atom is 0.345 e. The molecule has 1 unspecified atom stereocenters. The number of rotatable bonds is 5. The summed E-state index contributed by atoms with van der Waals surface area (Å²) >= 11 is 5.89. The molecule has 0 aromatic heterocycles. The molecule has 0 radical (unpaired) electrons. The maximum atomic E-state index is 13.6. The number of halogens is 2. The lowest BCUT2D eigenvalue weighted by molar-refractivity contribution is -0.149. The molecule has 0 bridgehead atoms. The van der Waals surface area contributed by atoms with E-state index in [1.54, 1.807) is 6.92 Å². The second-order valence-electron chi connectivity index (χ2n) is 3.24. The standard InChI is InChI=1S/C12H14ClFO3/c1-3-16-10-6-5-8(7-9(10)13)11(14)12(15)17-4-2/h5-7,11H,3-4H2,1-2H3. The van der Waals surface area contributed by atoms with Crippen LogP contribution >= 0.6 is 11.6 Å². The summed E-state index contributed by atoms with van der Waals surface area (Å²) in [6.45, 7) is 4.05. The Morgan fingerprint density at radius 3 is 2.65 bits per heavy atom. The summed E-state index contributed by atoms with van der Waals surface area (Å²) in [5.74, 6) is -0.443. The zero-order valence-electron chi connectivity index (χ0n) is 9.70. The van der Waals surface area contributed by atoms with Crippen LogP contribution in [0.5, 0.6) is 5.75 Å². The van der Waals surface area contributed by atoms with Gasteiger partial charge in [-0.15, -0.1) is 0 Å². The van der Waals surface area contributed by atoms with Crippen LogP contribution in [0.25, 0.3) is 0 Å². The van der Waals surface area contributed by atoms with Gasteiger partial charge in [-0.05, 0) is 31.5 Å². The summed E-state index contributed by atoms with van der Waals surface area (Å²) in [6.07, 6.45) is -1.82. The highest BCUT2D eigenvalue weighted by molar-refractivity contribution is 6.32. The molecule has 0 aliphatic rings. The van der Waals surface area contributed by atoms with Crippen molar-refractivity contribution in [2.75, 3.05) is 13.2 Å². The largest absolute Gasteiger partial charge is 0.492 e. The molecule has 3 nitrogen and oxygen atoms in total. The lowest BCUT2D eigenvalue weighted by Gasteiger charge is -2.10. The third kappa shape index (κ3) is 3.60. The second-order valence-corrected chi connectivity index (χ2v) is 3.64. The lowest BCUT2D eigenvalue weighted by atomic mass is 10.1. The Morgan fingerprint density at radius 1 is 1.41 bits per heavy atom. The zero-order valence-corrected chi connectivity index (χ0v) is 10.5. The van der Waals surface area contributed by atoms with E-state index in [4.69, 9.17) is 16.3 Å². The fourth-order valence-electron chi connectivity index (χ4n) is 1.30. The molecule has 1 aromatic rings. The van der Waals surface area contributed by atoms with Crippen LogP contribution in [0.2, 0.25) is 5.02 Å². The first-order chi connectivity index (χ1) is 8.10. The van der Waals surface area contributed by atoms with Gasteiger partial charge in [0.2, 0.25) is 6.17 Å². The Kier molecular flexibility index (Phi) is 5.22. The van der Waals surface area contributed by atoms with Gasteiger partial charge in [0.1, 0.15) is 5.75 Å². The van der Waals surface area contributed by atoms with Crippen molar-refractivity contribution in [3.63, 3.8) is 0 Å². The molecular weight excluding hydrogens is 247 g/mol. The van der Waals surface area contributed by atoms with Crippen molar-refractivity contribution >= 4 is 17.6 Å². The highest BCUT2D eigenvalue weighted by Crippen LogP contribution is 2.29. The van der Waals surface area contributed by atoms with E-state index < -0.39 is 12.1 Å². The predicted octanol–water partition coefficient (Wildman–Crippen LogP) is 3.31. The van der Waals surface area contributed by atoms with Crippen LogP contribution in [0.1, 0.15) is 25.6 Å². The van der Waals surface area contributed by atoms with E-state index in [1.165, 1.54) is 18.2 Å². The van der Waals surface area contributed by atoms with E-state index in [2.05, 4.69) is 4.74 Å². The van der Waals surface area contributed by atoms with Crippen molar-refractivity contribution < 1.29 is 18.7 Å². The van der Waals surface area contributed by atoms with Crippen molar-refractivity contribution in [2.45, 2.75) is 20.0 Å². The minimum absolute atomic E-state index is 0.143. The first kappa shape index (κ1) is 13.8. The molecule has 0 spiro atoms. The average molecular weight is 261 g/mol. The van der Waals surface area contributed by atoms with Crippen LogP contribution in [-0.2, 0) is 9.53 Å². The van der Waals surface area contributed by atoms with Gasteiger partial charge in [-0.1, -0.05) is 17.7 Å². The average Bonchev–Trinajstić information content (AvgIpc) is 2.31. The first-order valence-corrected chi connectivity index (χ1v) is 5.70. The quantitative estimate of drug-likeness (QED) is 0.762. The van der Waals surface area contributed by atoms with Crippen LogP contribution in [0, 0.1) is 0 Å². The molecule has 94 valence electrons. The van der Waals surface area contributed by atoms with Gasteiger partial charge in [0.25, 0.3) is 0 Å². The Balaban J connectivity index is 2.85. The van der Waals surface area contributed by atoms with Gasteiger partial charge in [-0.25, -0.2) is 9.18 Å². The molecular formula is C12H14ClFO3. The van der Waals surface area contributed by atoms with Crippen LogP contribution in [0.4, 0.5) is 4.39 Å². The summed E-state index contributed by atoms with van der Waals surface area (Å²) in [5, 5.41) is 0.274. The Labute approximate surface area is 104 Å². The maximum absolute atomic E-state index is 13.6. The van der Waals surface area contributed by atoms with E-state index in [0.717, 1.165) is 0 Å². The molecule has 0 heterocycles. The summed E-state index contributed by atoms with van der Waals surface area (Å²) in [5.41, 5.74) is 0.164. The van der Waals surface area contributed by atoms with E-state index in [9.17, 15) is 9.18 Å². The van der Waals surface area contributed by atoms with Crippen LogP contribution in [0.3, 0.4) is 0 Å². The number of carbonyl (C=O) groups excluding carboxylic acids is 1. The molecule has 17 heavy (non-hydrogen) atoms. The smallest absolute Gasteiger partial charge is 0.345 e. The minimum atomic E-state index is -1.82. The molecule has 0 saturated carbocycles. The van der Waals surface area contributed by atoms with Crippen molar-refractivity contribution in [1.82, 2.24) is 0 Å². The van der Waals surface area contributed by atoms with Crippen molar-refractivity contribution in [3.05, 3.63) is 28.8 Å². The number of benzene rings is 1. The second kappa shape index (κ2) is 6.45. The number of esters is 1. The highest BCUT2D eigenvalue weighted by Gasteiger charge is 2.21. The lowest BCUT2D eigenvalue weighted by Crippen LogP contribution is -2.11. The van der Waals surface area contributed by atoms with Crippen molar-refractivity contribution in [3.8, 4) is 5.75 Å². The number of ether oxygens (including phenoxy) is 2. The van der Waals surface area contributed by atoms with Crippen LogP contribution in [0.15, 0.2) is 18.2 Å². The molecule has 0 N–H and O–H groups in total. The Bertz CT molecular complexity index is 395. The molecule has 0 aliphatic heterocycles. The van der Waals surface area contributed by atoms with Gasteiger partial charge in [0.05, 0.1) is 18.2 Å². The molecule has 1 aromatic carbocycles. The van der Waals surface area contributed by atoms with E-state index >= 15 is 0 Å². The number of carbonyl (C=O) groups is 1. The van der Waals surface area contributed by atoms with Gasteiger partial charge >= 0.3 is 5.97 Å². The topological polar surface area (TPSA) is 35.5 Å². The molecule has 1 rings (SSSR count). The number of alkyl halides is 1. The Morgan fingerprint density at radius 2 is 2.12 bits per heavy atom. The summed E-state index contributed by atoms with van der Waals surface area (Å²) in [4.78, 5) is 11.2. The zero-order chi connectivity index (χ0) is 12.8. The summed E-state index contributed by atoms with van der Waals surface area (Å²) in [7, 11) is 0. The van der Waals surface area contributed by atoms with E-state index in [0.29, 0.717) is 12.4 Å². The van der Waals surface area contributed by atoms with E-state index in [-0.39, 0.29) is 17.2 Å². The highest BCUT2D eigenvalue weighted by atomic mass is 35.5. The number of hydrogen-bond acceptors (Lipinski definition) is 3. The monoisotopic (exact) mass is 260 g/mol. The van der Waals surface area contributed by atoms with Gasteiger partial charge in [0, 0.05) is 0 Å². The third-order valence-corrected chi connectivity index (χ3v) is 2.34. The summed E-state index contributed by atoms with van der Waals surface area (Å²) in [6, 6.07) is 4.36. The SMILES string of the molecule is CCOC(=O)C(F)c1ccc(OCC)c(Cl)c1. The fourth-order valence-corrected chi connectivity index (χ4v) is 1.54. The van der Waals surface area contributed by atoms with Gasteiger partial charge in [-0.3, -0.25) is 0 Å². The molecule has 0 amide bonds. The van der Waals surface area contributed by atoms with Gasteiger partial charge in [-0.2, -0.15) is 0 Å². The first-order valence-electron chi connectivity index (χ1n) is 5.33. The Hall–Kier alpha value is -1.29.